The first-order valence-corrected chi connectivity index (χ1v) is 7.49. The van der Waals surface area contributed by atoms with Gasteiger partial charge < -0.3 is 4.74 Å². The molecule has 7 nitrogen and oxygen atoms in total. The largest absolute Gasteiger partial charge is 0.444 e. The molecule has 0 bridgehead atoms. The van der Waals surface area contributed by atoms with E-state index < -0.39 is 22.1 Å². The van der Waals surface area contributed by atoms with Crippen LogP contribution in [0.5, 0.6) is 0 Å². The Morgan fingerprint density at radius 2 is 2.10 bits per heavy atom. The van der Waals surface area contributed by atoms with Crippen molar-refractivity contribution >= 4 is 27.6 Å². The standard InChI is InChI=1S/C12H13ClN2O5S/c1-8(7-14)20-12(16)9-4-5-10(13)11(6-9)21(17,18)15(2)19-3/h4-6,8H,1-3H3/t8-/m1/s1. The molecule has 0 saturated carbocycles. The number of carbonyl (C=O) groups is 1. The van der Waals surface area contributed by atoms with Gasteiger partial charge in [-0.1, -0.05) is 16.1 Å². The Labute approximate surface area is 127 Å². The zero-order valence-electron chi connectivity index (χ0n) is 11.5. The van der Waals surface area contributed by atoms with Gasteiger partial charge in [0.25, 0.3) is 10.0 Å². The average Bonchev–Trinajstić information content (AvgIpc) is 2.46. The predicted octanol–water partition coefficient (Wildman–Crippen LogP) is 1.59. The number of rotatable bonds is 5. The Balaban J connectivity index is 3.24. The summed E-state index contributed by atoms with van der Waals surface area (Å²) in [6.45, 7) is 1.39. The Bertz CT molecular complexity index is 683. The molecule has 0 aromatic heterocycles. The summed E-state index contributed by atoms with van der Waals surface area (Å²) < 4.78 is 29.7. The Morgan fingerprint density at radius 1 is 1.48 bits per heavy atom. The first-order chi connectivity index (χ1) is 9.73. The van der Waals surface area contributed by atoms with Gasteiger partial charge in [0.05, 0.1) is 17.7 Å². The van der Waals surface area contributed by atoms with Gasteiger partial charge in [-0.3, -0.25) is 4.84 Å². The monoisotopic (exact) mass is 332 g/mol. The van der Waals surface area contributed by atoms with Crippen molar-refractivity contribution in [3.05, 3.63) is 28.8 Å². The number of sulfonamides is 1. The van der Waals surface area contributed by atoms with Crippen molar-refractivity contribution in [3.8, 4) is 6.07 Å². The first-order valence-electron chi connectivity index (χ1n) is 5.67. The number of ether oxygens (including phenoxy) is 1. The molecule has 1 atom stereocenters. The van der Waals surface area contributed by atoms with Crippen LogP contribution in [0.4, 0.5) is 0 Å². The summed E-state index contributed by atoms with van der Waals surface area (Å²) in [5.41, 5.74) is -0.0374. The molecule has 0 radical (unpaired) electrons. The minimum absolute atomic E-state index is 0.0374. The number of nitriles is 1. The topological polar surface area (TPSA) is 96.7 Å². The fourth-order valence-electron chi connectivity index (χ4n) is 1.32. The molecular weight excluding hydrogens is 320 g/mol. The lowest BCUT2D eigenvalue weighted by molar-refractivity contribution is -0.0258. The fraction of sp³-hybridized carbons (Fsp3) is 0.333. The van der Waals surface area contributed by atoms with E-state index in [0.29, 0.717) is 4.47 Å². The van der Waals surface area contributed by atoms with Crippen molar-refractivity contribution in [1.82, 2.24) is 4.47 Å². The summed E-state index contributed by atoms with van der Waals surface area (Å²) in [4.78, 5) is 16.1. The van der Waals surface area contributed by atoms with Gasteiger partial charge >= 0.3 is 5.97 Å². The highest BCUT2D eigenvalue weighted by Gasteiger charge is 2.25. The molecule has 0 fully saturated rings. The molecule has 0 N–H and O–H groups in total. The molecule has 0 unspecified atom stereocenters. The molecule has 0 saturated heterocycles. The smallest absolute Gasteiger partial charge is 0.339 e. The van der Waals surface area contributed by atoms with Crippen LogP contribution in [0.1, 0.15) is 17.3 Å². The number of hydroxylamine groups is 1. The molecule has 9 heteroatoms. The lowest BCUT2D eigenvalue weighted by Gasteiger charge is -2.15. The van der Waals surface area contributed by atoms with Gasteiger partial charge in [0, 0.05) is 7.05 Å². The molecule has 0 amide bonds. The summed E-state index contributed by atoms with van der Waals surface area (Å²) >= 11 is 5.85. The second-order valence-corrected chi connectivity index (χ2v) is 6.23. The number of benzene rings is 1. The summed E-state index contributed by atoms with van der Waals surface area (Å²) in [7, 11) is -1.64. The van der Waals surface area contributed by atoms with Crippen molar-refractivity contribution in [3.63, 3.8) is 0 Å². The third-order valence-electron chi connectivity index (χ3n) is 2.51. The van der Waals surface area contributed by atoms with Crippen molar-refractivity contribution < 1.29 is 22.8 Å². The van der Waals surface area contributed by atoms with E-state index in [9.17, 15) is 13.2 Å². The second kappa shape index (κ2) is 6.87. The molecule has 0 aliphatic rings. The van der Waals surface area contributed by atoms with E-state index in [1.807, 2.05) is 0 Å². The molecule has 0 heterocycles. The van der Waals surface area contributed by atoms with Gasteiger partial charge in [0.2, 0.25) is 0 Å². The SMILES string of the molecule is CON(C)S(=O)(=O)c1cc(C(=O)O[C@H](C)C#N)ccc1Cl. The van der Waals surface area contributed by atoms with Crippen molar-refractivity contribution in [1.29, 1.82) is 5.26 Å². The van der Waals surface area contributed by atoms with Crippen LogP contribution >= 0.6 is 11.6 Å². The molecule has 1 rings (SSSR count). The molecule has 1 aromatic carbocycles. The number of halogens is 1. The third-order valence-corrected chi connectivity index (χ3v) is 4.67. The summed E-state index contributed by atoms with van der Waals surface area (Å²) in [6, 6.07) is 5.36. The molecule has 1 aromatic rings. The summed E-state index contributed by atoms with van der Waals surface area (Å²) in [5, 5.41) is 8.53. The molecule has 0 aliphatic carbocycles. The van der Waals surface area contributed by atoms with E-state index in [2.05, 4.69) is 4.84 Å². The maximum absolute atomic E-state index is 12.1. The first kappa shape index (κ1) is 17.4. The van der Waals surface area contributed by atoms with E-state index in [1.165, 1.54) is 33.2 Å². The molecule has 0 spiro atoms. The van der Waals surface area contributed by atoms with E-state index in [-0.39, 0.29) is 15.5 Å². The van der Waals surface area contributed by atoms with Gasteiger partial charge in [0.15, 0.2) is 6.10 Å². The maximum atomic E-state index is 12.1. The third kappa shape index (κ3) is 3.92. The summed E-state index contributed by atoms with van der Waals surface area (Å²) in [6.07, 6.45) is -0.949. The Kier molecular flexibility index (Phi) is 5.69. The highest BCUT2D eigenvalue weighted by atomic mass is 35.5. The van der Waals surface area contributed by atoms with Gasteiger partial charge in [-0.2, -0.15) is 5.26 Å². The van der Waals surface area contributed by atoms with Gasteiger partial charge in [0.1, 0.15) is 11.0 Å². The zero-order valence-corrected chi connectivity index (χ0v) is 13.1. The predicted molar refractivity (Wildman–Crippen MR) is 73.9 cm³/mol. The molecular formula is C12H13ClN2O5S. The van der Waals surface area contributed by atoms with Crippen LogP contribution in [-0.4, -0.2) is 39.1 Å². The van der Waals surface area contributed by atoms with Crippen molar-refractivity contribution in [2.75, 3.05) is 14.2 Å². The molecule has 21 heavy (non-hydrogen) atoms. The number of carbonyl (C=O) groups excluding carboxylic acids is 1. The number of esters is 1. The number of hydrogen-bond acceptors (Lipinski definition) is 6. The minimum Gasteiger partial charge on any atom is -0.444 e. The van der Waals surface area contributed by atoms with Crippen molar-refractivity contribution in [2.24, 2.45) is 0 Å². The Hall–Kier alpha value is -1.66. The average molecular weight is 333 g/mol. The van der Waals surface area contributed by atoms with Gasteiger partial charge in [-0.25, -0.2) is 13.2 Å². The van der Waals surface area contributed by atoms with Crippen LogP contribution < -0.4 is 0 Å². The van der Waals surface area contributed by atoms with E-state index >= 15 is 0 Å². The maximum Gasteiger partial charge on any atom is 0.339 e. The normalized spacial score (nSPS) is 12.8. The quantitative estimate of drug-likeness (QED) is 0.600. The van der Waals surface area contributed by atoms with E-state index in [1.54, 1.807) is 6.07 Å². The van der Waals surface area contributed by atoms with Crippen LogP contribution in [0, 0.1) is 11.3 Å². The highest BCUT2D eigenvalue weighted by Crippen LogP contribution is 2.25. The molecule has 114 valence electrons. The number of nitrogens with zero attached hydrogens (tertiary/aromatic N) is 2. The fourth-order valence-corrected chi connectivity index (χ4v) is 2.79. The lowest BCUT2D eigenvalue weighted by atomic mass is 10.2. The summed E-state index contributed by atoms with van der Waals surface area (Å²) in [5.74, 6) is -0.822. The second-order valence-electron chi connectivity index (χ2n) is 3.92. The van der Waals surface area contributed by atoms with Crippen LogP contribution in [0.3, 0.4) is 0 Å². The van der Waals surface area contributed by atoms with Gasteiger partial charge in [-0.15, -0.1) is 0 Å². The van der Waals surface area contributed by atoms with Gasteiger partial charge in [-0.05, 0) is 25.1 Å². The minimum atomic E-state index is -4.00. The highest BCUT2D eigenvalue weighted by molar-refractivity contribution is 7.89. The van der Waals surface area contributed by atoms with E-state index in [4.69, 9.17) is 21.6 Å². The van der Waals surface area contributed by atoms with Crippen LogP contribution in [-0.2, 0) is 19.6 Å². The van der Waals surface area contributed by atoms with E-state index in [0.717, 1.165) is 6.07 Å². The van der Waals surface area contributed by atoms with Crippen LogP contribution in [0.15, 0.2) is 23.1 Å². The van der Waals surface area contributed by atoms with Crippen molar-refractivity contribution in [2.45, 2.75) is 17.9 Å². The zero-order chi connectivity index (χ0) is 16.2. The molecule has 0 aliphatic heterocycles. The number of hydrogen-bond donors (Lipinski definition) is 0. The van der Waals surface area contributed by atoms with Crippen LogP contribution in [0.2, 0.25) is 5.02 Å². The lowest BCUT2D eigenvalue weighted by Crippen LogP contribution is -2.26. The van der Waals surface area contributed by atoms with Crippen LogP contribution in [0.25, 0.3) is 0 Å². The Morgan fingerprint density at radius 3 is 2.62 bits per heavy atom.